The first-order valence-corrected chi connectivity index (χ1v) is 11.6. The van der Waals surface area contributed by atoms with Crippen molar-refractivity contribution in [1.29, 1.82) is 0 Å². The summed E-state index contributed by atoms with van der Waals surface area (Å²) in [4.78, 5) is 7.28. The third-order valence-electron chi connectivity index (χ3n) is 5.70. The average molecular weight is 551 g/mol. The van der Waals surface area contributed by atoms with Crippen LogP contribution >= 0.6 is 35.6 Å². The van der Waals surface area contributed by atoms with Gasteiger partial charge in [-0.1, -0.05) is 43.1 Å². The van der Waals surface area contributed by atoms with Crippen molar-refractivity contribution in [2.45, 2.75) is 52.5 Å². The summed E-state index contributed by atoms with van der Waals surface area (Å²) in [7, 11) is 0. The molecule has 2 rings (SSSR count). The Morgan fingerprint density at radius 2 is 1.93 bits per heavy atom. The number of halogens is 2. The lowest BCUT2D eigenvalue weighted by Crippen LogP contribution is -2.43. The quantitative estimate of drug-likeness (QED) is 0.215. The fourth-order valence-electron chi connectivity index (χ4n) is 3.94. The zero-order valence-corrected chi connectivity index (χ0v) is 21.7. The zero-order valence-electron chi connectivity index (χ0n) is 18.6. The number of aliphatic hydroxyl groups is 1. The van der Waals surface area contributed by atoms with Crippen LogP contribution in [0.25, 0.3) is 0 Å². The van der Waals surface area contributed by atoms with Crippen LogP contribution in [0.4, 0.5) is 0 Å². The Kier molecular flexibility index (Phi) is 14.8. The number of likely N-dealkylation sites (tertiary alicyclic amines) is 1. The Hall–Kier alpha value is -0.570. The van der Waals surface area contributed by atoms with Crippen LogP contribution in [0, 0.1) is 11.8 Å². The van der Waals surface area contributed by atoms with Gasteiger partial charge in [0.15, 0.2) is 5.96 Å². The molecule has 0 bridgehead atoms. The maximum absolute atomic E-state index is 9.24. The van der Waals surface area contributed by atoms with E-state index in [0.717, 1.165) is 69.5 Å². The second kappa shape index (κ2) is 16.1. The smallest absolute Gasteiger partial charge is 0.191 e. The van der Waals surface area contributed by atoms with Gasteiger partial charge in [0.05, 0.1) is 0 Å². The van der Waals surface area contributed by atoms with Gasteiger partial charge >= 0.3 is 0 Å². The predicted molar refractivity (Wildman–Crippen MR) is 139 cm³/mol. The van der Waals surface area contributed by atoms with Crippen LogP contribution in [0.15, 0.2) is 29.3 Å². The van der Waals surface area contributed by atoms with E-state index in [1.165, 1.54) is 18.4 Å². The van der Waals surface area contributed by atoms with Crippen LogP contribution < -0.4 is 10.6 Å². The lowest BCUT2D eigenvalue weighted by Gasteiger charge is -2.32. The summed E-state index contributed by atoms with van der Waals surface area (Å²) in [6.45, 7) is 10.3. The summed E-state index contributed by atoms with van der Waals surface area (Å²) in [6, 6.07) is 8.14. The van der Waals surface area contributed by atoms with E-state index in [-0.39, 0.29) is 30.6 Å². The zero-order chi connectivity index (χ0) is 20.9. The van der Waals surface area contributed by atoms with Crippen LogP contribution in [-0.4, -0.2) is 55.3 Å². The van der Waals surface area contributed by atoms with Gasteiger partial charge in [0, 0.05) is 37.8 Å². The van der Waals surface area contributed by atoms with E-state index in [0.29, 0.717) is 11.8 Å². The van der Waals surface area contributed by atoms with E-state index < -0.39 is 0 Å². The van der Waals surface area contributed by atoms with Gasteiger partial charge in [-0.3, -0.25) is 9.89 Å². The average Bonchev–Trinajstić information content (AvgIpc) is 2.73. The molecule has 1 aromatic rings. The van der Waals surface area contributed by atoms with Crippen LogP contribution in [0.1, 0.15) is 51.5 Å². The molecule has 1 atom stereocenters. The van der Waals surface area contributed by atoms with Gasteiger partial charge in [-0.15, -0.1) is 24.0 Å². The van der Waals surface area contributed by atoms with Crippen LogP contribution in [0.2, 0.25) is 5.02 Å². The van der Waals surface area contributed by atoms with E-state index in [1.54, 1.807) is 0 Å². The number of nitrogens with one attached hydrogen (secondary N) is 2. The third-order valence-corrected chi connectivity index (χ3v) is 6.07. The van der Waals surface area contributed by atoms with Crippen molar-refractivity contribution in [3.63, 3.8) is 0 Å². The van der Waals surface area contributed by atoms with Crippen molar-refractivity contribution in [3.05, 3.63) is 34.9 Å². The second-order valence-electron chi connectivity index (χ2n) is 8.08. The summed E-state index contributed by atoms with van der Waals surface area (Å²) in [5, 5.41) is 17.0. The van der Waals surface area contributed by atoms with Gasteiger partial charge in [0.2, 0.25) is 0 Å². The Morgan fingerprint density at radius 3 is 2.57 bits per heavy atom. The normalized spacial score (nSPS) is 16.7. The summed E-state index contributed by atoms with van der Waals surface area (Å²) in [5.74, 6) is 2.05. The Bertz CT molecular complexity index is 603. The maximum atomic E-state index is 9.24. The first-order valence-electron chi connectivity index (χ1n) is 11.2. The SMILES string of the molecule is CCCC(CCO)CN=C(NCC)NCC1CCN(Cc2ccccc2Cl)CC1.I. The summed E-state index contributed by atoms with van der Waals surface area (Å²) in [5.41, 5.74) is 1.22. The molecule has 1 heterocycles. The standard InChI is InChI=1S/C23H39ClN4O.HI/c1-3-7-19(12-15-29)16-26-23(25-4-2)27-17-20-10-13-28(14-11-20)18-21-8-5-6-9-22(21)24;/h5-6,8-9,19-20,29H,3-4,7,10-18H2,1-2H3,(H2,25,26,27);1H. The number of aliphatic imine (C=N–C) groups is 1. The highest BCUT2D eigenvalue weighted by Crippen LogP contribution is 2.22. The molecule has 0 aliphatic carbocycles. The molecule has 0 spiro atoms. The third kappa shape index (κ3) is 10.2. The molecule has 0 amide bonds. The molecule has 7 heteroatoms. The topological polar surface area (TPSA) is 59.9 Å². The second-order valence-corrected chi connectivity index (χ2v) is 8.49. The highest BCUT2D eigenvalue weighted by atomic mass is 127. The molecular weight excluding hydrogens is 511 g/mol. The first-order chi connectivity index (χ1) is 14.2. The minimum Gasteiger partial charge on any atom is -0.396 e. The van der Waals surface area contributed by atoms with Gasteiger partial charge in [-0.25, -0.2) is 0 Å². The lowest BCUT2D eigenvalue weighted by molar-refractivity contribution is 0.178. The molecule has 1 aromatic carbocycles. The molecule has 30 heavy (non-hydrogen) atoms. The van der Waals surface area contributed by atoms with E-state index in [2.05, 4.69) is 41.5 Å². The minimum atomic E-state index is 0. The van der Waals surface area contributed by atoms with Gasteiger partial charge < -0.3 is 15.7 Å². The van der Waals surface area contributed by atoms with Gasteiger partial charge in [-0.05, 0) is 69.2 Å². The number of aliphatic hydroxyl groups excluding tert-OH is 1. The molecule has 0 saturated carbocycles. The fraction of sp³-hybridized carbons (Fsp3) is 0.696. The number of nitrogens with zero attached hydrogens (tertiary/aromatic N) is 2. The lowest BCUT2D eigenvalue weighted by atomic mass is 9.96. The molecule has 0 radical (unpaired) electrons. The number of guanidine groups is 1. The molecular formula is C23H40ClIN4O. The van der Waals surface area contributed by atoms with Crippen molar-refractivity contribution in [3.8, 4) is 0 Å². The number of benzene rings is 1. The van der Waals surface area contributed by atoms with E-state index >= 15 is 0 Å². The highest BCUT2D eigenvalue weighted by molar-refractivity contribution is 14.0. The molecule has 1 aliphatic rings. The highest BCUT2D eigenvalue weighted by Gasteiger charge is 2.20. The van der Waals surface area contributed by atoms with Crippen LogP contribution in [-0.2, 0) is 6.54 Å². The Morgan fingerprint density at radius 1 is 1.20 bits per heavy atom. The van der Waals surface area contributed by atoms with Crippen LogP contribution in [0.3, 0.4) is 0 Å². The molecule has 1 saturated heterocycles. The molecule has 172 valence electrons. The number of rotatable bonds is 11. The molecule has 1 unspecified atom stereocenters. The number of hydrogen-bond acceptors (Lipinski definition) is 3. The van der Waals surface area contributed by atoms with Gasteiger partial charge in [0.1, 0.15) is 0 Å². The van der Waals surface area contributed by atoms with E-state index in [4.69, 9.17) is 16.6 Å². The monoisotopic (exact) mass is 550 g/mol. The van der Waals surface area contributed by atoms with Crippen molar-refractivity contribution >= 4 is 41.5 Å². The molecule has 0 aromatic heterocycles. The van der Waals surface area contributed by atoms with Crippen molar-refractivity contribution in [1.82, 2.24) is 15.5 Å². The molecule has 1 aliphatic heterocycles. The Labute approximate surface area is 205 Å². The number of hydrogen-bond donors (Lipinski definition) is 3. The summed E-state index contributed by atoms with van der Waals surface area (Å²) >= 11 is 6.31. The minimum absolute atomic E-state index is 0. The van der Waals surface area contributed by atoms with Crippen molar-refractivity contribution in [2.24, 2.45) is 16.8 Å². The van der Waals surface area contributed by atoms with Gasteiger partial charge in [0.25, 0.3) is 0 Å². The molecule has 5 nitrogen and oxygen atoms in total. The largest absolute Gasteiger partial charge is 0.396 e. The molecule has 3 N–H and O–H groups in total. The van der Waals surface area contributed by atoms with Crippen molar-refractivity contribution < 1.29 is 5.11 Å². The molecule has 1 fully saturated rings. The fourth-order valence-corrected chi connectivity index (χ4v) is 4.13. The van der Waals surface area contributed by atoms with Crippen LogP contribution in [0.5, 0.6) is 0 Å². The predicted octanol–water partition coefficient (Wildman–Crippen LogP) is 4.52. The summed E-state index contributed by atoms with van der Waals surface area (Å²) < 4.78 is 0. The maximum Gasteiger partial charge on any atom is 0.191 e. The van der Waals surface area contributed by atoms with Gasteiger partial charge in [-0.2, -0.15) is 0 Å². The first kappa shape index (κ1) is 27.5. The van der Waals surface area contributed by atoms with E-state index in [1.807, 2.05) is 12.1 Å². The summed E-state index contributed by atoms with van der Waals surface area (Å²) in [6.07, 6.45) is 5.48. The number of piperidine rings is 1. The van der Waals surface area contributed by atoms with Crippen molar-refractivity contribution in [2.75, 3.05) is 39.3 Å². The Balaban J connectivity index is 0.00000450. The van der Waals surface area contributed by atoms with E-state index in [9.17, 15) is 5.11 Å².